The third-order valence-electron chi connectivity index (χ3n) is 2.02. The Morgan fingerprint density at radius 3 is 2.86 bits per heavy atom. The van der Waals surface area contributed by atoms with Gasteiger partial charge in [-0.05, 0) is 47.2 Å². The highest BCUT2D eigenvalue weighted by atomic mass is 127. The molecule has 0 amide bonds. The summed E-state index contributed by atoms with van der Waals surface area (Å²) in [5.74, 6) is 0. The van der Waals surface area contributed by atoms with Crippen LogP contribution in [0.3, 0.4) is 0 Å². The first-order chi connectivity index (χ1) is 6.59. The van der Waals surface area contributed by atoms with E-state index in [0.29, 0.717) is 0 Å². The minimum absolute atomic E-state index is 0.778. The van der Waals surface area contributed by atoms with Gasteiger partial charge < -0.3 is 0 Å². The van der Waals surface area contributed by atoms with Gasteiger partial charge in [0.1, 0.15) is 0 Å². The van der Waals surface area contributed by atoms with Crippen molar-refractivity contribution < 1.29 is 0 Å². The van der Waals surface area contributed by atoms with Crippen LogP contribution in [-0.4, -0.2) is 4.98 Å². The molecule has 2 aromatic rings. The Morgan fingerprint density at radius 2 is 2.14 bits per heavy atom. The third-order valence-corrected chi connectivity index (χ3v) is 4.02. The van der Waals surface area contributed by atoms with Gasteiger partial charge in [0.15, 0.2) is 0 Å². The van der Waals surface area contributed by atoms with Crippen molar-refractivity contribution >= 4 is 61.0 Å². The number of benzene rings is 1. The number of halogens is 3. The fourth-order valence-corrected chi connectivity index (χ4v) is 2.58. The van der Waals surface area contributed by atoms with E-state index < -0.39 is 0 Å². The molecule has 0 unspecified atom stereocenters. The molecule has 0 aliphatic carbocycles. The van der Waals surface area contributed by atoms with Crippen molar-refractivity contribution in [3.63, 3.8) is 0 Å². The maximum atomic E-state index is 6.20. The Labute approximate surface area is 109 Å². The summed E-state index contributed by atoms with van der Waals surface area (Å²) >= 11 is 11.8. The normalized spacial score (nSPS) is 10.9. The molecular formula is C10H6BrClIN. The van der Waals surface area contributed by atoms with Gasteiger partial charge in [0.05, 0.1) is 14.1 Å². The fraction of sp³-hybridized carbons (Fsp3) is 0.100. The van der Waals surface area contributed by atoms with Crippen LogP contribution >= 0.6 is 50.1 Å². The summed E-state index contributed by atoms with van der Waals surface area (Å²) in [4.78, 5) is 4.37. The number of hydrogen-bond donors (Lipinski definition) is 0. The van der Waals surface area contributed by atoms with E-state index >= 15 is 0 Å². The fourth-order valence-electron chi connectivity index (χ4n) is 1.38. The van der Waals surface area contributed by atoms with E-state index in [1.54, 1.807) is 6.20 Å². The second kappa shape index (κ2) is 3.94. The van der Waals surface area contributed by atoms with Crippen molar-refractivity contribution in [2.45, 2.75) is 6.92 Å². The summed E-state index contributed by atoms with van der Waals surface area (Å²) in [6, 6.07) is 4.04. The molecule has 1 aromatic heterocycles. The van der Waals surface area contributed by atoms with Crippen molar-refractivity contribution in [3.8, 4) is 0 Å². The number of fused-ring (bicyclic) bond motifs is 1. The maximum Gasteiger partial charge on any atom is 0.0747 e. The lowest BCUT2D eigenvalue weighted by atomic mass is 10.1. The van der Waals surface area contributed by atoms with E-state index in [1.807, 2.05) is 19.1 Å². The zero-order valence-electron chi connectivity index (χ0n) is 7.31. The Kier molecular flexibility index (Phi) is 3.00. The minimum Gasteiger partial charge on any atom is -0.255 e. The van der Waals surface area contributed by atoms with E-state index in [4.69, 9.17) is 11.6 Å². The van der Waals surface area contributed by atoms with Crippen LogP contribution in [0.15, 0.2) is 22.8 Å². The summed E-state index contributed by atoms with van der Waals surface area (Å²) < 4.78 is 2.02. The zero-order chi connectivity index (χ0) is 10.3. The van der Waals surface area contributed by atoms with Crippen molar-refractivity contribution in [3.05, 3.63) is 37.0 Å². The van der Waals surface area contributed by atoms with E-state index in [0.717, 1.165) is 29.5 Å². The standard InChI is InChI=1S/C10H6BrClIN/c1-5-2-6(11)3-7-9(12)8(13)4-14-10(5)7/h2-4H,1H3. The lowest BCUT2D eigenvalue weighted by Gasteiger charge is -2.05. The van der Waals surface area contributed by atoms with E-state index in [-0.39, 0.29) is 0 Å². The Bertz CT molecular complexity index is 513. The van der Waals surface area contributed by atoms with Crippen LogP contribution in [0.2, 0.25) is 5.02 Å². The van der Waals surface area contributed by atoms with Crippen LogP contribution < -0.4 is 0 Å². The average molecular weight is 382 g/mol. The average Bonchev–Trinajstić information content (AvgIpc) is 2.12. The summed E-state index contributed by atoms with van der Waals surface area (Å²) in [5.41, 5.74) is 2.10. The van der Waals surface area contributed by atoms with Gasteiger partial charge >= 0.3 is 0 Å². The molecule has 0 spiro atoms. The lowest BCUT2D eigenvalue weighted by Crippen LogP contribution is -1.87. The second-order valence-corrected chi connectivity index (χ2v) is 5.49. The van der Waals surface area contributed by atoms with Crippen molar-refractivity contribution in [1.82, 2.24) is 4.98 Å². The molecule has 0 bridgehead atoms. The van der Waals surface area contributed by atoms with Crippen LogP contribution in [0.5, 0.6) is 0 Å². The molecule has 0 atom stereocenters. The summed E-state index contributed by atoms with van der Waals surface area (Å²) in [6.45, 7) is 2.03. The largest absolute Gasteiger partial charge is 0.255 e. The molecule has 1 heterocycles. The molecule has 0 saturated carbocycles. The van der Waals surface area contributed by atoms with Gasteiger partial charge in [-0.25, -0.2) is 0 Å². The predicted octanol–water partition coefficient (Wildman–Crippen LogP) is 4.56. The Balaban J connectivity index is 2.95. The quantitative estimate of drug-likeness (QED) is 0.609. The highest BCUT2D eigenvalue weighted by Gasteiger charge is 2.07. The second-order valence-electron chi connectivity index (χ2n) is 3.04. The van der Waals surface area contributed by atoms with Gasteiger partial charge in [-0.2, -0.15) is 0 Å². The molecule has 0 aliphatic heterocycles. The van der Waals surface area contributed by atoms with Crippen molar-refractivity contribution in [2.24, 2.45) is 0 Å². The topological polar surface area (TPSA) is 12.9 Å². The van der Waals surface area contributed by atoms with Crippen LogP contribution in [0.1, 0.15) is 5.56 Å². The van der Waals surface area contributed by atoms with Crippen molar-refractivity contribution in [2.75, 3.05) is 0 Å². The minimum atomic E-state index is 0.778. The number of aryl methyl sites for hydroxylation is 1. The molecule has 0 fully saturated rings. The van der Waals surface area contributed by atoms with Crippen LogP contribution in [0, 0.1) is 10.5 Å². The molecule has 14 heavy (non-hydrogen) atoms. The molecule has 2 rings (SSSR count). The smallest absolute Gasteiger partial charge is 0.0747 e. The van der Waals surface area contributed by atoms with Gasteiger partial charge in [-0.15, -0.1) is 0 Å². The Hall–Kier alpha value is 0.130. The highest BCUT2D eigenvalue weighted by molar-refractivity contribution is 14.1. The molecule has 4 heteroatoms. The summed E-state index contributed by atoms with van der Waals surface area (Å²) in [7, 11) is 0. The molecule has 1 nitrogen and oxygen atoms in total. The van der Waals surface area contributed by atoms with Crippen LogP contribution in [0.25, 0.3) is 10.9 Å². The first-order valence-electron chi connectivity index (χ1n) is 3.99. The molecule has 0 radical (unpaired) electrons. The molecule has 0 N–H and O–H groups in total. The van der Waals surface area contributed by atoms with Gasteiger partial charge in [-0.3, -0.25) is 4.98 Å². The van der Waals surface area contributed by atoms with Crippen LogP contribution in [0.4, 0.5) is 0 Å². The molecular weight excluding hydrogens is 376 g/mol. The van der Waals surface area contributed by atoms with E-state index in [9.17, 15) is 0 Å². The van der Waals surface area contributed by atoms with E-state index in [2.05, 4.69) is 43.5 Å². The van der Waals surface area contributed by atoms with Gasteiger partial charge in [-0.1, -0.05) is 27.5 Å². The number of pyridine rings is 1. The molecule has 1 aromatic carbocycles. The van der Waals surface area contributed by atoms with Crippen LogP contribution in [-0.2, 0) is 0 Å². The first-order valence-corrected chi connectivity index (χ1v) is 6.24. The zero-order valence-corrected chi connectivity index (χ0v) is 11.8. The summed E-state index contributed by atoms with van der Waals surface area (Å²) in [5, 5.41) is 1.78. The van der Waals surface area contributed by atoms with E-state index in [1.165, 1.54) is 0 Å². The monoisotopic (exact) mass is 381 g/mol. The molecule has 0 saturated heterocycles. The van der Waals surface area contributed by atoms with Gasteiger partial charge in [0.25, 0.3) is 0 Å². The molecule has 0 aliphatic rings. The number of rotatable bonds is 0. The maximum absolute atomic E-state index is 6.20. The van der Waals surface area contributed by atoms with Crippen molar-refractivity contribution in [1.29, 1.82) is 0 Å². The number of nitrogens with zero attached hydrogens (tertiary/aromatic N) is 1. The SMILES string of the molecule is Cc1cc(Br)cc2c(Cl)c(I)cnc12. The van der Waals surface area contributed by atoms with Gasteiger partial charge in [0.2, 0.25) is 0 Å². The lowest BCUT2D eigenvalue weighted by molar-refractivity contribution is 1.34. The molecule has 72 valence electrons. The Morgan fingerprint density at radius 1 is 1.43 bits per heavy atom. The highest BCUT2D eigenvalue weighted by Crippen LogP contribution is 2.30. The number of hydrogen-bond acceptors (Lipinski definition) is 1. The summed E-state index contributed by atoms with van der Waals surface area (Å²) in [6.07, 6.45) is 1.80. The first kappa shape index (κ1) is 10.6. The third kappa shape index (κ3) is 1.77. The van der Waals surface area contributed by atoms with Gasteiger partial charge in [0, 0.05) is 16.1 Å². The predicted molar refractivity (Wildman–Crippen MR) is 71.9 cm³/mol. The number of aromatic nitrogens is 1.